The Hall–Kier alpha value is -2.48. The maximum atomic E-state index is 13.6. The molecule has 4 rings (SSSR count). The summed E-state index contributed by atoms with van der Waals surface area (Å²) in [7, 11) is 1.63. The summed E-state index contributed by atoms with van der Waals surface area (Å²) in [5, 5.41) is 0. The summed E-state index contributed by atoms with van der Waals surface area (Å²) in [5.74, 6) is -0.962. The van der Waals surface area contributed by atoms with E-state index in [1.165, 1.54) is 10.6 Å². The number of halogens is 2. The topological polar surface area (TPSA) is 90.2 Å². The van der Waals surface area contributed by atoms with Crippen LogP contribution in [0, 0.1) is 23.0 Å². The fraction of sp³-hybridized carbons (Fsp3) is 0.524. The van der Waals surface area contributed by atoms with Crippen molar-refractivity contribution in [2.24, 2.45) is 24.1 Å². The second-order valence-corrected chi connectivity index (χ2v) is 8.56. The molecule has 1 aliphatic carbocycles. The Labute approximate surface area is 168 Å². The van der Waals surface area contributed by atoms with Gasteiger partial charge in [-0.25, -0.2) is 8.78 Å². The van der Waals surface area contributed by atoms with E-state index in [0.29, 0.717) is 11.9 Å². The number of piperidine rings is 1. The molecule has 2 aromatic rings. The van der Waals surface area contributed by atoms with Crippen LogP contribution in [0.25, 0.3) is 11.1 Å². The summed E-state index contributed by atoms with van der Waals surface area (Å²) in [4.78, 5) is 19.5. The highest BCUT2D eigenvalue weighted by Gasteiger charge is 2.46. The highest BCUT2D eigenvalue weighted by atomic mass is 19.2. The zero-order chi connectivity index (χ0) is 20.9. The molecular weight excluding hydrogens is 376 g/mol. The molecule has 1 saturated heterocycles. The summed E-state index contributed by atoms with van der Waals surface area (Å²) in [6.45, 7) is 3.73. The monoisotopic (exact) mass is 403 g/mol. The highest BCUT2D eigenvalue weighted by Crippen LogP contribution is 2.48. The van der Waals surface area contributed by atoms with Gasteiger partial charge in [0.15, 0.2) is 11.6 Å². The van der Waals surface area contributed by atoms with Gasteiger partial charge in [-0.3, -0.25) is 9.36 Å². The molecule has 1 aromatic heterocycles. The number of aromatic nitrogens is 2. The van der Waals surface area contributed by atoms with E-state index in [9.17, 15) is 13.6 Å². The maximum absolute atomic E-state index is 13.6. The lowest BCUT2D eigenvalue weighted by Crippen LogP contribution is -2.49. The van der Waals surface area contributed by atoms with Crippen molar-refractivity contribution < 1.29 is 8.78 Å². The fourth-order valence-corrected chi connectivity index (χ4v) is 5.01. The van der Waals surface area contributed by atoms with Crippen molar-refractivity contribution in [3.8, 4) is 11.1 Å². The summed E-state index contributed by atoms with van der Waals surface area (Å²) in [6.07, 6.45) is 4.22. The van der Waals surface area contributed by atoms with Crippen molar-refractivity contribution >= 4 is 11.8 Å². The smallest absolute Gasteiger partial charge is 0.264 e. The van der Waals surface area contributed by atoms with Crippen molar-refractivity contribution in [3.05, 3.63) is 40.2 Å². The first-order valence-electron chi connectivity index (χ1n) is 10.1. The Balaban J connectivity index is 1.63. The van der Waals surface area contributed by atoms with Gasteiger partial charge in [0.25, 0.3) is 5.56 Å². The predicted octanol–water partition coefficient (Wildman–Crippen LogP) is 2.65. The molecule has 1 aliphatic heterocycles. The Morgan fingerprint density at radius 1 is 1.17 bits per heavy atom. The van der Waals surface area contributed by atoms with Crippen molar-refractivity contribution in [3.63, 3.8) is 0 Å². The van der Waals surface area contributed by atoms with Gasteiger partial charge >= 0.3 is 0 Å². The number of rotatable bonds is 2. The van der Waals surface area contributed by atoms with Crippen LogP contribution in [0.3, 0.4) is 0 Å². The molecule has 156 valence electrons. The average molecular weight is 403 g/mol. The SMILES string of the molecule is C[C@@H]1CCC2(CCN(c3nc(N)c(-c4ccc(F)c(F)c4)c(=O)n3C)CC2)[C@@H]1N. The van der Waals surface area contributed by atoms with Gasteiger partial charge in [0, 0.05) is 26.2 Å². The molecular formula is C21H27F2N5O. The minimum atomic E-state index is -1.03. The van der Waals surface area contributed by atoms with Crippen molar-refractivity contribution in [2.45, 2.75) is 38.6 Å². The Bertz CT molecular complexity index is 997. The molecule has 6 nitrogen and oxygen atoms in total. The van der Waals surface area contributed by atoms with E-state index in [4.69, 9.17) is 11.5 Å². The lowest BCUT2D eigenvalue weighted by molar-refractivity contribution is 0.185. The number of anilines is 2. The third-order valence-corrected chi connectivity index (χ3v) is 6.96. The number of hydrogen-bond acceptors (Lipinski definition) is 5. The van der Waals surface area contributed by atoms with Gasteiger partial charge in [-0.05, 0) is 54.7 Å². The van der Waals surface area contributed by atoms with Gasteiger partial charge in [0.2, 0.25) is 5.95 Å². The van der Waals surface area contributed by atoms with Crippen LogP contribution in [0.5, 0.6) is 0 Å². The number of nitrogens with two attached hydrogens (primary N) is 2. The first-order chi connectivity index (χ1) is 13.7. The second-order valence-electron chi connectivity index (χ2n) is 8.56. The van der Waals surface area contributed by atoms with Crippen LogP contribution in [0.4, 0.5) is 20.5 Å². The lowest BCUT2D eigenvalue weighted by Gasteiger charge is -2.43. The van der Waals surface area contributed by atoms with Crippen molar-refractivity contribution in [1.82, 2.24) is 9.55 Å². The van der Waals surface area contributed by atoms with Gasteiger partial charge < -0.3 is 16.4 Å². The van der Waals surface area contributed by atoms with Crippen LogP contribution in [0.1, 0.15) is 32.6 Å². The van der Waals surface area contributed by atoms with E-state index in [-0.39, 0.29) is 34.0 Å². The number of nitrogens with zero attached hydrogens (tertiary/aromatic N) is 3. The van der Waals surface area contributed by atoms with Crippen LogP contribution in [0.15, 0.2) is 23.0 Å². The molecule has 4 N–H and O–H groups in total. The van der Waals surface area contributed by atoms with E-state index in [1.807, 2.05) is 0 Å². The number of hydrogen-bond donors (Lipinski definition) is 2. The second kappa shape index (κ2) is 7.09. The van der Waals surface area contributed by atoms with Gasteiger partial charge in [-0.15, -0.1) is 0 Å². The van der Waals surface area contributed by atoms with Crippen LogP contribution in [-0.2, 0) is 7.05 Å². The molecule has 0 radical (unpaired) electrons. The van der Waals surface area contributed by atoms with Crippen LogP contribution in [-0.4, -0.2) is 28.7 Å². The summed E-state index contributed by atoms with van der Waals surface area (Å²) < 4.78 is 28.3. The zero-order valence-electron chi connectivity index (χ0n) is 16.8. The normalized spacial score (nSPS) is 23.7. The Morgan fingerprint density at radius 3 is 2.45 bits per heavy atom. The van der Waals surface area contributed by atoms with Gasteiger partial charge in [-0.1, -0.05) is 13.0 Å². The maximum Gasteiger partial charge on any atom is 0.264 e. The first kappa shape index (κ1) is 19.8. The van der Waals surface area contributed by atoms with Crippen molar-refractivity contribution in [2.75, 3.05) is 23.7 Å². The number of benzene rings is 1. The van der Waals surface area contributed by atoms with Crippen LogP contribution in [0.2, 0.25) is 0 Å². The molecule has 2 atom stereocenters. The molecule has 2 heterocycles. The van der Waals surface area contributed by atoms with E-state index in [0.717, 1.165) is 50.9 Å². The minimum Gasteiger partial charge on any atom is -0.383 e. The van der Waals surface area contributed by atoms with Gasteiger partial charge in [0.05, 0.1) is 5.56 Å². The summed E-state index contributed by atoms with van der Waals surface area (Å²) in [5.41, 5.74) is 12.7. The molecule has 0 unspecified atom stereocenters. The van der Waals surface area contributed by atoms with E-state index < -0.39 is 11.6 Å². The summed E-state index contributed by atoms with van der Waals surface area (Å²) in [6, 6.07) is 3.49. The fourth-order valence-electron chi connectivity index (χ4n) is 5.01. The van der Waals surface area contributed by atoms with Crippen molar-refractivity contribution in [1.29, 1.82) is 0 Å². The Morgan fingerprint density at radius 2 is 1.86 bits per heavy atom. The standard InChI is InChI=1S/C21H27F2N5O/c1-12-5-6-21(17(12)24)7-9-28(10-8-21)20-26-18(25)16(19(29)27(20)2)13-3-4-14(22)15(23)11-13/h3-4,11-12,17H,5-10,24-25H2,1-2H3/t12-,17-/m1/s1. The molecule has 2 aliphatic rings. The van der Waals surface area contributed by atoms with Crippen LogP contribution < -0.4 is 21.9 Å². The van der Waals surface area contributed by atoms with E-state index >= 15 is 0 Å². The van der Waals surface area contributed by atoms with Gasteiger partial charge in [0.1, 0.15) is 5.82 Å². The predicted molar refractivity (Wildman–Crippen MR) is 109 cm³/mol. The third-order valence-electron chi connectivity index (χ3n) is 6.96. The van der Waals surface area contributed by atoms with Crippen LogP contribution >= 0.6 is 0 Å². The average Bonchev–Trinajstić information content (AvgIpc) is 2.97. The molecule has 1 saturated carbocycles. The molecule has 1 aromatic carbocycles. The third kappa shape index (κ3) is 3.19. The molecule has 1 spiro atoms. The highest BCUT2D eigenvalue weighted by molar-refractivity contribution is 5.74. The molecule has 2 fully saturated rings. The van der Waals surface area contributed by atoms with E-state index in [2.05, 4.69) is 16.8 Å². The minimum absolute atomic E-state index is 0.0144. The summed E-state index contributed by atoms with van der Waals surface area (Å²) >= 11 is 0. The quantitative estimate of drug-likeness (QED) is 0.805. The molecule has 29 heavy (non-hydrogen) atoms. The lowest BCUT2D eigenvalue weighted by atomic mass is 9.73. The zero-order valence-corrected chi connectivity index (χ0v) is 16.8. The first-order valence-corrected chi connectivity index (χ1v) is 10.1. The molecule has 8 heteroatoms. The largest absolute Gasteiger partial charge is 0.383 e. The Kier molecular flexibility index (Phi) is 4.85. The van der Waals surface area contributed by atoms with E-state index in [1.54, 1.807) is 7.05 Å². The van der Waals surface area contributed by atoms with Gasteiger partial charge in [-0.2, -0.15) is 4.98 Å². The number of nitrogen functional groups attached to an aromatic ring is 1. The molecule has 0 amide bonds. The molecule has 0 bridgehead atoms.